The Morgan fingerprint density at radius 2 is 1.91 bits per heavy atom. The summed E-state index contributed by atoms with van der Waals surface area (Å²) in [5, 5.41) is 43.6. The Morgan fingerprint density at radius 3 is 2.56 bits per heavy atom. The predicted octanol–water partition coefficient (Wildman–Crippen LogP) is 2.37. The van der Waals surface area contributed by atoms with Gasteiger partial charge in [-0.25, -0.2) is 9.59 Å². The van der Waals surface area contributed by atoms with E-state index in [4.69, 9.17) is 9.47 Å². The molecule has 4 atom stereocenters. The molecule has 32 heavy (non-hydrogen) atoms. The number of aliphatic hydroxyl groups excluding tert-OH is 2. The molecule has 1 heterocycles. The van der Waals surface area contributed by atoms with Crippen LogP contribution in [0.1, 0.15) is 30.4 Å². The van der Waals surface area contributed by atoms with Crippen LogP contribution < -0.4 is 0 Å². The van der Waals surface area contributed by atoms with Gasteiger partial charge in [-0.15, -0.1) is 0 Å². The lowest BCUT2D eigenvalue weighted by Crippen LogP contribution is -2.58. The number of esters is 1. The molecule has 1 aliphatic rings. The van der Waals surface area contributed by atoms with E-state index < -0.39 is 35.9 Å². The third-order valence-corrected chi connectivity index (χ3v) is 6.11. The molecular formula is C23H26O8S. The van der Waals surface area contributed by atoms with E-state index in [-0.39, 0.29) is 25.2 Å². The van der Waals surface area contributed by atoms with Crippen LogP contribution in [-0.2, 0) is 25.5 Å². The van der Waals surface area contributed by atoms with Gasteiger partial charge in [-0.3, -0.25) is 0 Å². The van der Waals surface area contributed by atoms with Crippen molar-refractivity contribution in [2.45, 2.75) is 49.6 Å². The van der Waals surface area contributed by atoms with Crippen LogP contribution in [0.15, 0.2) is 47.2 Å². The summed E-state index contributed by atoms with van der Waals surface area (Å²) in [6.07, 6.45) is -0.780. The number of aryl methyl sites for hydroxylation is 1. The van der Waals surface area contributed by atoms with Crippen molar-refractivity contribution in [3.05, 3.63) is 58.3 Å². The minimum atomic E-state index is -1.76. The molecule has 8 nitrogen and oxygen atoms in total. The molecule has 9 heteroatoms. The lowest BCUT2D eigenvalue weighted by molar-refractivity contribution is -0.207. The minimum absolute atomic E-state index is 0.0874. The van der Waals surface area contributed by atoms with E-state index in [1.807, 2.05) is 16.8 Å². The highest BCUT2D eigenvalue weighted by atomic mass is 32.1. The molecule has 2 aromatic rings. The fourth-order valence-corrected chi connectivity index (χ4v) is 4.32. The highest BCUT2D eigenvalue weighted by molar-refractivity contribution is 7.07. The average Bonchev–Trinajstić information content (AvgIpc) is 3.28. The summed E-state index contributed by atoms with van der Waals surface area (Å²) in [5.41, 5.74) is 0.00551. The number of thiophene rings is 1. The molecule has 0 unspecified atom stereocenters. The molecule has 0 amide bonds. The Labute approximate surface area is 189 Å². The molecular weight excluding hydrogens is 436 g/mol. The van der Waals surface area contributed by atoms with E-state index in [2.05, 4.69) is 0 Å². The molecule has 1 aliphatic carbocycles. The van der Waals surface area contributed by atoms with Crippen LogP contribution in [0, 0.1) is 0 Å². The summed E-state index contributed by atoms with van der Waals surface area (Å²) < 4.78 is 11.0. The molecule has 1 aromatic carbocycles. The third kappa shape index (κ3) is 6.17. The number of phenols is 1. The largest absolute Gasteiger partial charge is 0.508 e. The van der Waals surface area contributed by atoms with Crippen molar-refractivity contribution in [3.63, 3.8) is 0 Å². The zero-order chi connectivity index (χ0) is 23.1. The quantitative estimate of drug-likeness (QED) is 0.254. The standard InChI is InChI=1S/C23H26O8S/c24-17-6-3-15(4-7-17)5-8-20(26)31-19-13-23(22(28)29,12-18(25)21(19)27)30-10-1-2-16-9-11-32-14-16/h3-9,11,14,18-19,21,24-25,27H,1-2,10,12-13H2,(H,28,29)/t18-,19+,21+,23-/m0/s1. The average molecular weight is 463 g/mol. The van der Waals surface area contributed by atoms with Crippen LogP contribution in [0.4, 0.5) is 0 Å². The second kappa shape index (κ2) is 10.7. The number of carboxylic acids is 1. The van der Waals surface area contributed by atoms with Crippen molar-refractivity contribution in [1.29, 1.82) is 0 Å². The molecule has 0 bridgehead atoms. The van der Waals surface area contributed by atoms with E-state index in [9.17, 15) is 30.0 Å². The number of aromatic hydroxyl groups is 1. The van der Waals surface area contributed by atoms with Crippen molar-refractivity contribution in [2.75, 3.05) is 6.61 Å². The zero-order valence-electron chi connectivity index (χ0n) is 17.3. The van der Waals surface area contributed by atoms with Crippen molar-refractivity contribution >= 4 is 29.4 Å². The number of benzene rings is 1. The fourth-order valence-electron chi connectivity index (χ4n) is 3.62. The molecule has 3 rings (SSSR count). The molecule has 1 fully saturated rings. The first-order valence-corrected chi connectivity index (χ1v) is 11.2. The molecule has 4 N–H and O–H groups in total. The lowest BCUT2D eigenvalue weighted by atomic mass is 9.79. The van der Waals surface area contributed by atoms with Gasteiger partial charge < -0.3 is 29.9 Å². The maximum atomic E-state index is 12.2. The Hall–Kier alpha value is -2.72. The molecule has 172 valence electrons. The Bertz CT molecular complexity index is 924. The number of phenolic OH excluding ortho intramolecular Hbond substituents is 1. The first-order valence-electron chi connectivity index (χ1n) is 10.2. The summed E-state index contributed by atoms with van der Waals surface area (Å²) in [7, 11) is 0. The van der Waals surface area contributed by atoms with Crippen LogP contribution in [0.25, 0.3) is 6.08 Å². The number of rotatable bonds is 9. The SMILES string of the molecule is O=C(C=Cc1ccc(O)cc1)O[C@@H]1C[C@](OCCCc2ccsc2)(C(=O)O)C[C@H](O)[C@H]1O. The van der Waals surface area contributed by atoms with Crippen LogP contribution in [-0.4, -0.2) is 62.9 Å². The van der Waals surface area contributed by atoms with Crippen LogP contribution in [0.3, 0.4) is 0 Å². The lowest BCUT2D eigenvalue weighted by Gasteiger charge is -2.41. The maximum absolute atomic E-state index is 12.2. The van der Waals surface area contributed by atoms with Gasteiger partial charge in [-0.05, 0) is 59.0 Å². The van der Waals surface area contributed by atoms with Crippen molar-refractivity contribution < 1.29 is 39.5 Å². The van der Waals surface area contributed by atoms with Crippen LogP contribution >= 0.6 is 11.3 Å². The van der Waals surface area contributed by atoms with Crippen molar-refractivity contribution in [3.8, 4) is 5.75 Å². The molecule has 0 radical (unpaired) electrons. The zero-order valence-corrected chi connectivity index (χ0v) is 18.1. The van der Waals surface area contributed by atoms with Gasteiger partial charge in [0.15, 0.2) is 5.60 Å². The maximum Gasteiger partial charge on any atom is 0.336 e. The molecule has 1 aromatic heterocycles. The number of hydrogen-bond acceptors (Lipinski definition) is 8. The predicted molar refractivity (Wildman–Crippen MR) is 117 cm³/mol. The van der Waals surface area contributed by atoms with Crippen molar-refractivity contribution in [1.82, 2.24) is 0 Å². The highest BCUT2D eigenvalue weighted by Crippen LogP contribution is 2.35. The summed E-state index contributed by atoms with van der Waals surface area (Å²) in [6.45, 7) is 0.145. The smallest absolute Gasteiger partial charge is 0.336 e. The fraction of sp³-hybridized carbons (Fsp3) is 0.391. The Morgan fingerprint density at radius 1 is 1.16 bits per heavy atom. The third-order valence-electron chi connectivity index (χ3n) is 5.38. The first-order chi connectivity index (χ1) is 15.3. The van der Waals surface area contributed by atoms with Crippen LogP contribution in [0.5, 0.6) is 5.75 Å². The molecule has 0 aliphatic heterocycles. The summed E-state index contributed by atoms with van der Waals surface area (Å²) in [6, 6.07) is 8.10. The number of aliphatic carboxylic acids is 1. The summed E-state index contributed by atoms with van der Waals surface area (Å²) in [5.74, 6) is -1.99. The first kappa shape index (κ1) is 23.9. The monoisotopic (exact) mass is 462 g/mol. The minimum Gasteiger partial charge on any atom is -0.508 e. The summed E-state index contributed by atoms with van der Waals surface area (Å²) in [4.78, 5) is 24.3. The Balaban J connectivity index is 1.62. The number of carbonyl (C=O) groups is 2. The number of hydrogen-bond donors (Lipinski definition) is 4. The van der Waals surface area contributed by atoms with E-state index in [0.29, 0.717) is 12.0 Å². The van der Waals surface area contributed by atoms with Crippen LogP contribution in [0.2, 0.25) is 0 Å². The summed E-state index contributed by atoms with van der Waals surface area (Å²) >= 11 is 1.58. The van der Waals surface area contributed by atoms with Crippen molar-refractivity contribution in [2.24, 2.45) is 0 Å². The normalized spacial score (nSPS) is 25.6. The van der Waals surface area contributed by atoms with Gasteiger partial charge in [-0.2, -0.15) is 11.3 Å². The van der Waals surface area contributed by atoms with E-state index in [0.717, 1.165) is 18.1 Å². The van der Waals surface area contributed by atoms with Gasteiger partial charge in [0.05, 0.1) is 6.10 Å². The molecule has 1 saturated carbocycles. The highest BCUT2D eigenvalue weighted by Gasteiger charge is 2.52. The second-order valence-corrected chi connectivity index (χ2v) is 8.53. The van der Waals surface area contributed by atoms with Gasteiger partial charge >= 0.3 is 11.9 Å². The van der Waals surface area contributed by atoms with E-state index >= 15 is 0 Å². The Kier molecular flexibility index (Phi) is 8.03. The van der Waals surface area contributed by atoms with Gasteiger partial charge in [0, 0.05) is 25.5 Å². The number of ether oxygens (including phenoxy) is 2. The van der Waals surface area contributed by atoms with Gasteiger partial charge in [-0.1, -0.05) is 12.1 Å². The number of carboxylic acid groups (broad SMARTS) is 1. The van der Waals surface area contributed by atoms with Gasteiger partial charge in [0.2, 0.25) is 0 Å². The molecule has 0 spiro atoms. The molecule has 0 saturated heterocycles. The second-order valence-electron chi connectivity index (χ2n) is 7.75. The van der Waals surface area contributed by atoms with Gasteiger partial charge in [0.1, 0.15) is 18.0 Å². The number of aliphatic hydroxyl groups is 2. The van der Waals surface area contributed by atoms with E-state index in [1.165, 1.54) is 18.2 Å². The van der Waals surface area contributed by atoms with E-state index in [1.54, 1.807) is 23.5 Å². The topological polar surface area (TPSA) is 134 Å². The van der Waals surface area contributed by atoms with Gasteiger partial charge in [0.25, 0.3) is 0 Å². The number of carbonyl (C=O) groups excluding carboxylic acids is 1.